The molecule has 1 aromatic carbocycles. The van der Waals surface area contributed by atoms with Crippen LogP contribution in [0.25, 0.3) is 0 Å². The normalized spacial score (nSPS) is 18.0. The van der Waals surface area contributed by atoms with Gasteiger partial charge in [-0.2, -0.15) is 0 Å². The van der Waals surface area contributed by atoms with E-state index in [1.165, 1.54) is 0 Å². The SMILES string of the molecule is CC(=O)c1ccc(NCC(C)N2CCNCC2)cc1. The number of nitrogens with one attached hydrogen (secondary N) is 2. The average molecular weight is 261 g/mol. The highest BCUT2D eigenvalue weighted by Crippen LogP contribution is 2.11. The average Bonchev–Trinajstić information content (AvgIpc) is 2.46. The van der Waals surface area contributed by atoms with Crippen LogP contribution in [-0.4, -0.2) is 49.4 Å². The van der Waals surface area contributed by atoms with Crippen LogP contribution < -0.4 is 10.6 Å². The maximum Gasteiger partial charge on any atom is 0.159 e. The van der Waals surface area contributed by atoms with Crippen LogP contribution in [0.5, 0.6) is 0 Å². The van der Waals surface area contributed by atoms with E-state index >= 15 is 0 Å². The minimum absolute atomic E-state index is 0.112. The first-order valence-electron chi connectivity index (χ1n) is 6.96. The second kappa shape index (κ2) is 6.68. The molecule has 2 N–H and O–H groups in total. The van der Waals surface area contributed by atoms with Crippen molar-refractivity contribution in [3.63, 3.8) is 0 Å². The third-order valence-electron chi connectivity index (χ3n) is 3.67. The zero-order chi connectivity index (χ0) is 13.7. The number of rotatable bonds is 5. The molecule has 1 fully saturated rings. The highest BCUT2D eigenvalue weighted by atomic mass is 16.1. The van der Waals surface area contributed by atoms with Gasteiger partial charge in [-0.3, -0.25) is 9.69 Å². The van der Waals surface area contributed by atoms with E-state index in [-0.39, 0.29) is 5.78 Å². The van der Waals surface area contributed by atoms with Gasteiger partial charge >= 0.3 is 0 Å². The maximum atomic E-state index is 11.2. The van der Waals surface area contributed by atoms with E-state index in [9.17, 15) is 4.79 Å². The van der Waals surface area contributed by atoms with Crippen molar-refractivity contribution in [2.75, 3.05) is 38.0 Å². The number of nitrogens with zero attached hydrogens (tertiary/aromatic N) is 1. The van der Waals surface area contributed by atoms with Gasteiger partial charge in [-0.15, -0.1) is 0 Å². The highest BCUT2D eigenvalue weighted by molar-refractivity contribution is 5.94. The molecule has 1 heterocycles. The fourth-order valence-corrected chi connectivity index (χ4v) is 2.34. The predicted molar refractivity (Wildman–Crippen MR) is 78.8 cm³/mol. The van der Waals surface area contributed by atoms with E-state index < -0.39 is 0 Å². The second-order valence-corrected chi connectivity index (χ2v) is 5.15. The molecule has 1 aliphatic heterocycles. The first kappa shape index (κ1) is 14.0. The Morgan fingerprint density at radius 3 is 2.53 bits per heavy atom. The Balaban J connectivity index is 1.82. The van der Waals surface area contributed by atoms with E-state index in [2.05, 4.69) is 22.5 Å². The summed E-state index contributed by atoms with van der Waals surface area (Å²) in [5.41, 5.74) is 1.84. The molecule has 0 amide bonds. The Morgan fingerprint density at radius 1 is 1.32 bits per heavy atom. The van der Waals surface area contributed by atoms with Gasteiger partial charge in [0.05, 0.1) is 0 Å². The van der Waals surface area contributed by atoms with Crippen molar-refractivity contribution < 1.29 is 4.79 Å². The van der Waals surface area contributed by atoms with Crippen molar-refractivity contribution in [3.8, 4) is 0 Å². The summed E-state index contributed by atoms with van der Waals surface area (Å²) < 4.78 is 0. The van der Waals surface area contributed by atoms with E-state index in [0.29, 0.717) is 6.04 Å². The quantitative estimate of drug-likeness (QED) is 0.790. The number of carbonyl (C=O) groups excluding carboxylic acids is 1. The Kier molecular flexibility index (Phi) is 4.93. The summed E-state index contributed by atoms with van der Waals surface area (Å²) >= 11 is 0. The van der Waals surface area contributed by atoms with E-state index in [1.807, 2.05) is 24.3 Å². The third kappa shape index (κ3) is 4.04. The molecular formula is C15H23N3O. The molecule has 1 aliphatic rings. The molecule has 1 saturated heterocycles. The lowest BCUT2D eigenvalue weighted by Gasteiger charge is -2.33. The van der Waals surface area contributed by atoms with Crippen LogP contribution in [0.3, 0.4) is 0 Å². The minimum atomic E-state index is 0.112. The summed E-state index contributed by atoms with van der Waals surface area (Å²) in [6, 6.07) is 8.22. The smallest absolute Gasteiger partial charge is 0.159 e. The lowest BCUT2D eigenvalue weighted by molar-refractivity contribution is 0.101. The summed E-state index contributed by atoms with van der Waals surface area (Å²) in [6.45, 7) is 9.17. The molecule has 0 saturated carbocycles. The van der Waals surface area contributed by atoms with Crippen molar-refractivity contribution >= 4 is 11.5 Å². The van der Waals surface area contributed by atoms with Crippen LogP contribution in [0.1, 0.15) is 24.2 Å². The molecule has 1 aromatic rings. The summed E-state index contributed by atoms with van der Waals surface area (Å²) in [5, 5.41) is 6.80. The Hall–Kier alpha value is -1.39. The van der Waals surface area contributed by atoms with Gasteiger partial charge in [0.15, 0.2) is 5.78 Å². The lowest BCUT2D eigenvalue weighted by Crippen LogP contribution is -2.49. The number of ketones is 1. The monoisotopic (exact) mass is 261 g/mol. The van der Waals surface area contributed by atoms with Crippen LogP contribution >= 0.6 is 0 Å². The molecule has 1 atom stereocenters. The van der Waals surface area contributed by atoms with Crippen LogP contribution in [-0.2, 0) is 0 Å². The Labute approximate surface area is 115 Å². The number of hydrogen-bond donors (Lipinski definition) is 2. The molecule has 2 rings (SSSR count). The van der Waals surface area contributed by atoms with Crippen LogP contribution in [0, 0.1) is 0 Å². The van der Waals surface area contributed by atoms with Crippen LogP contribution in [0.15, 0.2) is 24.3 Å². The zero-order valence-electron chi connectivity index (χ0n) is 11.8. The van der Waals surface area contributed by atoms with E-state index in [1.54, 1.807) is 6.92 Å². The Bertz CT molecular complexity index is 410. The number of benzene rings is 1. The number of Topliss-reactive ketones (excluding diaryl/α,β-unsaturated/α-hetero) is 1. The maximum absolute atomic E-state index is 11.2. The van der Waals surface area contributed by atoms with Gasteiger partial charge in [0.2, 0.25) is 0 Å². The van der Waals surface area contributed by atoms with Crippen molar-refractivity contribution in [1.29, 1.82) is 0 Å². The lowest BCUT2D eigenvalue weighted by atomic mass is 10.1. The second-order valence-electron chi connectivity index (χ2n) is 5.15. The van der Waals surface area contributed by atoms with Crippen molar-refractivity contribution in [2.24, 2.45) is 0 Å². The standard InChI is InChI=1S/C15H23N3O/c1-12(18-9-7-16-8-10-18)11-17-15-5-3-14(4-6-15)13(2)19/h3-6,12,16-17H,7-11H2,1-2H3. The molecule has 0 bridgehead atoms. The minimum Gasteiger partial charge on any atom is -0.383 e. The van der Waals surface area contributed by atoms with Gasteiger partial charge in [-0.05, 0) is 38.1 Å². The largest absolute Gasteiger partial charge is 0.383 e. The molecular weight excluding hydrogens is 238 g/mol. The van der Waals surface area contributed by atoms with Crippen molar-refractivity contribution in [2.45, 2.75) is 19.9 Å². The summed E-state index contributed by atoms with van der Waals surface area (Å²) in [7, 11) is 0. The molecule has 104 valence electrons. The molecule has 1 unspecified atom stereocenters. The molecule has 4 heteroatoms. The fraction of sp³-hybridized carbons (Fsp3) is 0.533. The molecule has 19 heavy (non-hydrogen) atoms. The molecule has 0 spiro atoms. The van der Waals surface area contributed by atoms with E-state index in [0.717, 1.165) is 44.0 Å². The van der Waals surface area contributed by atoms with Crippen molar-refractivity contribution in [3.05, 3.63) is 29.8 Å². The number of anilines is 1. The van der Waals surface area contributed by atoms with Gasteiger partial charge < -0.3 is 10.6 Å². The fourth-order valence-electron chi connectivity index (χ4n) is 2.34. The van der Waals surface area contributed by atoms with Gasteiger partial charge in [-0.25, -0.2) is 0 Å². The van der Waals surface area contributed by atoms with Crippen LogP contribution in [0.4, 0.5) is 5.69 Å². The topological polar surface area (TPSA) is 44.4 Å². The van der Waals surface area contributed by atoms with Crippen molar-refractivity contribution in [1.82, 2.24) is 10.2 Å². The number of carbonyl (C=O) groups is 1. The van der Waals surface area contributed by atoms with Gasteiger partial charge in [0, 0.05) is 50.0 Å². The van der Waals surface area contributed by atoms with Gasteiger partial charge in [0.1, 0.15) is 0 Å². The molecule has 4 nitrogen and oxygen atoms in total. The van der Waals surface area contributed by atoms with Gasteiger partial charge in [-0.1, -0.05) is 0 Å². The molecule has 0 aromatic heterocycles. The Morgan fingerprint density at radius 2 is 1.95 bits per heavy atom. The number of hydrogen-bond acceptors (Lipinski definition) is 4. The van der Waals surface area contributed by atoms with Gasteiger partial charge in [0.25, 0.3) is 0 Å². The summed E-state index contributed by atoms with van der Waals surface area (Å²) in [6.07, 6.45) is 0. The summed E-state index contributed by atoms with van der Waals surface area (Å²) in [5.74, 6) is 0.112. The first-order valence-corrected chi connectivity index (χ1v) is 6.96. The number of piperazine rings is 1. The molecule has 0 radical (unpaired) electrons. The third-order valence-corrected chi connectivity index (χ3v) is 3.67. The predicted octanol–water partition coefficient (Wildman–Crippen LogP) is 1.59. The van der Waals surface area contributed by atoms with Crippen LogP contribution in [0.2, 0.25) is 0 Å². The highest BCUT2D eigenvalue weighted by Gasteiger charge is 2.15. The first-order chi connectivity index (χ1) is 9.16. The molecule has 0 aliphatic carbocycles. The van der Waals surface area contributed by atoms with E-state index in [4.69, 9.17) is 0 Å². The zero-order valence-corrected chi connectivity index (χ0v) is 11.8. The summed E-state index contributed by atoms with van der Waals surface area (Å²) in [4.78, 5) is 13.7.